The van der Waals surface area contributed by atoms with Gasteiger partial charge in [-0.2, -0.15) is 0 Å². The molecule has 5 rings (SSSR count). The van der Waals surface area contributed by atoms with Gasteiger partial charge in [0.1, 0.15) is 0 Å². The van der Waals surface area contributed by atoms with Crippen molar-refractivity contribution in [3.63, 3.8) is 0 Å². The maximum Gasteiger partial charge on any atom is 0.0612 e. The van der Waals surface area contributed by atoms with E-state index in [0.717, 1.165) is 0 Å². The third-order valence-electron chi connectivity index (χ3n) is 6.60. The average Bonchev–Trinajstić information content (AvgIpc) is 2.67. The van der Waals surface area contributed by atoms with Crippen molar-refractivity contribution in [2.24, 2.45) is 5.41 Å². The molecule has 2 atom stereocenters. The van der Waals surface area contributed by atoms with Gasteiger partial charge in [-0.1, -0.05) is 43.0 Å². The van der Waals surface area contributed by atoms with Crippen molar-refractivity contribution in [1.29, 1.82) is 0 Å². The van der Waals surface area contributed by atoms with Crippen LogP contribution in [0.2, 0.25) is 0 Å². The molecule has 4 aliphatic carbocycles. The topological polar surface area (TPSA) is 3.24 Å². The average molecular weight is 303 g/mol. The summed E-state index contributed by atoms with van der Waals surface area (Å²) in [4.78, 5) is 2.44. The summed E-state index contributed by atoms with van der Waals surface area (Å²) in [6, 6.07) is 9.15. The highest BCUT2D eigenvalue weighted by atomic mass is 15.2. The highest BCUT2D eigenvalue weighted by molar-refractivity contribution is 5.40. The highest BCUT2D eigenvalue weighted by Gasteiger charge is 2.56. The lowest BCUT2D eigenvalue weighted by atomic mass is 9.55. The summed E-state index contributed by atoms with van der Waals surface area (Å²) < 4.78 is 0. The minimum Gasteiger partial charge on any atom is -0.275 e. The fraction of sp³-hybridized carbons (Fsp3) is 0.545. The minimum atomic E-state index is 0.193. The minimum absolute atomic E-state index is 0.193. The van der Waals surface area contributed by atoms with E-state index in [-0.39, 0.29) is 5.54 Å². The van der Waals surface area contributed by atoms with Crippen molar-refractivity contribution in [3.8, 4) is 24.7 Å². The Hall–Kier alpha value is -1.70. The Balaban J connectivity index is 1.82. The summed E-state index contributed by atoms with van der Waals surface area (Å²) in [6.45, 7) is 3.85. The van der Waals surface area contributed by atoms with Crippen LogP contribution < -0.4 is 0 Å². The van der Waals surface area contributed by atoms with Crippen molar-refractivity contribution in [1.82, 2.24) is 4.90 Å². The summed E-state index contributed by atoms with van der Waals surface area (Å²) in [7, 11) is 0. The Morgan fingerprint density at radius 3 is 2.00 bits per heavy atom. The lowest BCUT2D eigenvalue weighted by molar-refractivity contribution is -0.0400. The number of nitrogens with zero attached hydrogens (tertiary/aromatic N) is 1. The molecular formula is C22H25N. The number of terminal acetylenes is 2. The highest BCUT2D eigenvalue weighted by Crippen LogP contribution is 2.64. The number of hydrogen-bond donors (Lipinski definition) is 0. The molecule has 2 fully saturated rings. The van der Waals surface area contributed by atoms with Gasteiger partial charge < -0.3 is 0 Å². The summed E-state index contributed by atoms with van der Waals surface area (Å²) in [5.74, 6) is 7.05. The summed E-state index contributed by atoms with van der Waals surface area (Å²) >= 11 is 0. The molecule has 1 heteroatoms. The molecule has 0 aromatic heterocycles. The second-order valence-electron chi connectivity index (χ2n) is 8.32. The molecule has 4 bridgehead atoms. The molecular weight excluding hydrogens is 278 g/mol. The zero-order chi connectivity index (χ0) is 16.1. The van der Waals surface area contributed by atoms with E-state index in [1.807, 2.05) is 0 Å². The zero-order valence-electron chi connectivity index (χ0n) is 14.0. The van der Waals surface area contributed by atoms with Gasteiger partial charge in [-0.25, -0.2) is 0 Å². The van der Waals surface area contributed by atoms with Gasteiger partial charge in [0.2, 0.25) is 0 Å². The van der Waals surface area contributed by atoms with E-state index < -0.39 is 0 Å². The molecule has 4 aliphatic rings. The maximum atomic E-state index is 5.67. The van der Waals surface area contributed by atoms with Crippen molar-refractivity contribution < 1.29 is 0 Å². The first-order valence-corrected chi connectivity index (χ1v) is 8.80. The number of rotatable bonds is 3. The molecule has 118 valence electrons. The SMILES string of the molecule is C#CCN(CC#C)C12CC3CC(C)(CC(C1)c1ccccc13)C2. The second-order valence-corrected chi connectivity index (χ2v) is 8.32. The van der Waals surface area contributed by atoms with Crippen molar-refractivity contribution in [2.45, 2.75) is 56.4 Å². The second kappa shape index (κ2) is 5.15. The fourth-order valence-electron chi connectivity index (χ4n) is 6.18. The largest absolute Gasteiger partial charge is 0.275 e. The van der Waals surface area contributed by atoms with E-state index in [1.165, 1.54) is 32.1 Å². The van der Waals surface area contributed by atoms with Gasteiger partial charge >= 0.3 is 0 Å². The van der Waals surface area contributed by atoms with Crippen LogP contribution in [0, 0.1) is 30.1 Å². The Morgan fingerprint density at radius 1 is 1.00 bits per heavy atom. The van der Waals surface area contributed by atoms with E-state index in [2.05, 4.69) is 47.9 Å². The molecule has 0 saturated heterocycles. The van der Waals surface area contributed by atoms with Gasteiger partial charge in [0, 0.05) is 5.54 Å². The Kier molecular flexibility index (Phi) is 3.33. The van der Waals surface area contributed by atoms with Gasteiger partial charge in [0.05, 0.1) is 13.1 Å². The molecule has 2 saturated carbocycles. The van der Waals surface area contributed by atoms with Gasteiger partial charge in [0.25, 0.3) is 0 Å². The third kappa shape index (κ3) is 2.22. The van der Waals surface area contributed by atoms with Crippen molar-refractivity contribution in [2.75, 3.05) is 13.1 Å². The van der Waals surface area contributed by atoms with E-state index in [4.69, 9.17) is 12.8 Å². The van der Waals surface area contributed by atoms with Gasteiger partial charge in [0.15, 0.2) is 0 Å². The zero-order valence-corrected chi connectivity index (χ0v) is 14.0. The summed E-state index contributed by atoms with van der Waals surface area (Å²) in [5, 5.41) is 0. The van der Waals surface area contributed by atoms with Gasteiger partial charge in [-0.05, 0) is 60.5 Å². The van der Waals surface area contributed by atoms with E-state index in [9.17, 15) is 0 Å². The maximum absolute atomic E-state index is 5.67. The van der Waals surface area contributed by atoms with Crippen LogP contribution in [-0.4, -0.2) is 23.5 Å². The molecule has 1 nitrogen and oxygen atoms in total. The van der Waals surface area contributed by atoms with Crippen LogP contribution in [0.3, 0.4) is 0 Å². The molecule has 0 amide bonds. The predicted octanol–water partition coefficient (Wildman–Crippen LogP) is 4.16. The lowest BCUT2D eigenvalue weighted by Crippen LogP contribution is -2.57. The van der Waals surface area contributed by atoms with Crippen LogP contribution in [0.25, 0.3) is 0 Å². The molecule has 0 spiro atoms. The quantitative estimate of drug-likeness (QED) is 0.758. The number of hydrogen-bond acceptors (Lipinski definition) is 1. The summed E-state index contributed by atoms with van der Waals surface area (Å²) in [6.07, 6.45) is 17.7. The number of benzene rings is 1. The third-order valence-corrected chi connectivity index (χ3v) is 6.60. The monoisotopic (exact) mass is 303 g/mol. The van der Waals surface area contributed by atoms with Gasteiger partial charge in [-0.3, -0.25) is 4.90 Å². The first kappa shape index (κ1) is 14.9. The van der Waals surface area contributed by atoms with Crippen LogP contribution in [0.5, 0.6) is 0 Å². The first-order valence-electron chi connectivity index (χ1n) is 8.80. The van der Waals surface area contributed by atoms with Crippen LogP contribution in [-0.2, 0) is 0 Å². The lowest BCUT2D eigenvalue weighted by Gasteiger charge is -2.57. The molecule has 2 unspecified atom stereocenters. The van der Waals surface area contributed by atoms with Crippen LogP contribution >= 0.6 is 0 Å². The van der Waals surface area contributed by atoms with E-state index in [1.54, 1.807) is 11.1 Å². The van der Waals surface area contributed by atoms with Crippen molar-refractivity contribution >= 4 is 0 Å². The normalized spacial score (nSPS) is 37.0. The van der Waals surface area contributed by atoms with Crippen molar-refractivity contribution in [3.05, 3.63) is 35.4 Å². The predicted molar refractivity (Wildman–Crippen MR) is 95.1 cm³/mol. The molecule has 23 heavy (non-hydrogen) atoms. The Bertz CT molecular complexity index is 650. The molecule has 1 aromatic carbocycles. The van der Waals surface area contributed by atoms with Gasteiger partial charge in [-0.15, -0.1) is 12.8 Å². The Morgan fingerprint density at radius 2 is 1.52 bits per heavy atom. The molecule has 0 aliphatic heterocycles. The standard InChI is InChI=1S/C22H25N/c1-4-10-23(11-5-2)22-14-17-12-21(3,16-22)13-18(15-22)20-9-7-6-8-19(17)20/h1-2,6-9,17-18H,10-16H2,3H3. The Labute approximate surface area is 140 Å². The van der Waals surface area contributed by atoms with Crippen LogP contribution in [0.1, 0.15) is 62.0 Å². The van der Waals surface area contributed by atoms with E-state index in [0.29, 0.717) is 30.3 Å². The van der Waals surface area contributed by atoms with Crippen LogP contribution in [0.4, 0.5) is 0 Å². The molecule has 0 heterocycles. The fourth-order valence-corrected chi connectivity index (χ4v) is 6.18. The molecule has 1 aromatic rings. The first-order chi connectivity index (χ1) is 11.1. The molecule has 0 N–H and O–H groups in total. The smallest absolute Gasteiger partial charge is 0.0612 e. The van der Waals surface area contributed by atoms with E-state index >= 15 is 0 Å². The van der Waals surface area contributed by atoms with Crippen LogP contribution in [0.15, 0.2) is 24.3 Å². The summed E-state index contributed by atoms with van der Waals surface area (Å²) in [5.41, 5.74) is 3.82. The molecule has 0 radical (unpaired) electrons.